The molecule has 7 nitrogen and oxygen atoms in total. The maximum atomic E-state index is 13.2. The lowest BCUT2D eigenvalue weighted by Gasteiger charge is -2.33. The Morgan fingerprint density at radius 3 is 2.00 bits per heavy atom. The lowest BCUT2D eigenvalue weighted by molar-refractivity contribution is 0.273. The van der Waals surface area contributed by atoms with E-state index < -0.39 is 20.0 Å². The van der Waals surface area contributed by atoms with E-state index in [1.807, 2.05) is 0 Å². The van der Waals surface area contributed by atoms with Gasteiger partial charge in [-0.2, -0.15) is 8.61 Å². The van der Waals surface area contributed by atoms with E-state index >= 15 is 0 Å². The summed E-state index contributed by atoms with van der Waals surface area (Å²) in [6.45, 7) is 0.279. The summed E-state index contributed by atoms with van der Waals surface area (Å²) in [6.07, 6.45) is 1.55. The molecule has 2 aromatic carbocycles. The fourth-order valence-corrected chi connectivity index (χ4v) is 6.47. The molecule has 3 aromatic rings. The first-order valence-corrected chi connectivity index (χ1v) is 12.2. The van der Waals surface area contributed by atoms with Gasteiger partial charge in [0.2, 0.25) is 20.0 Å². The Hall–Kier alpha value is -2.04. The minimum atomic E-state index is -3.80. The van der Waals surface area contributed by atoms with Crippen molar-refractivity contribution in [3.05, 3.63) is 65.8 Å². The van der Waals surface area contributed by atoms with Crippen molar-refractivity contribution in [2.75, 3.05) is 26.2 Å². The standard InChI is InChI=1S/C19H18ClN3O4S2/c20-16-6-8-17(9-7-16)28(24,25)22-11-13-23(14-12-22)29(26,27)18-5-1-3-15-4-2-10-21-19(15)18/h1-10H,11-14H2. The van der Waals surface area contributed by atoms with E-state index in [0.29, 0.717) is 10.5 Å². The van der Waals surface area contributed by atoms with E-state index in [4.69, 9.17) is 11.6 Å². The molecule has 2 heterocycles. The highest BCUT2D eigenvalue weighted by Gasteiger charge is 2.34. The SMILES string of the molecule is O=S(=O)(c1ccc(Cl)cc1)N1CCN(S(=O)(=O)c2cccc3cccnc23)CC1. The van der Waals surface area contributed by atoms with Crippen LogP contribution in [0, 0.1) is 0 Å². The lowest BCUT2D eigenvalue weighted by atomic mass is 10.2. The summed E-state index contributed by atoms with van der Waals surface area (Å²) in [5.41, 5.74) is 0.409. The second-order valence-electron chi connectivity index (χ2n) is 6.59. The van der Waals surface area contributed by atoms with Crippen LogP contribution >= 0.6 is 11.6 Å². The van der Waals surface area contributed by atoms with Crippen molar-refractivity contribution in [2.45, 2.75) is 9.79 Å². The zero-order valence-electron chi connectivity index (χ0n) is 15.3. The molecule has 0 unspecified atom stereocenters. The third-order valence-electron chi connectivity index (χ3n) is 4.86. The summed E-state index contributed by atoms with van der Waals surface area (Å²) in [5, 5.41) is 1.18. The number of hydrogen-bond donors (Lipinski definition) is 0. The van der Waals surface area contributed by atoms with Gasteiger partial charge in [-0.3, -0.25) is 4.98 Å². The van der Waals surface area contributed by atoms with Crippen LogP contribution in [0.2, 0.25) is 5.02 Å². The van der Waals surface area contributed by atoms with Crippen LogP contribution in [0.25, 0.3) is 10.9 Å². The Labute approximate surface area is 174 Å². The summed E-state index contributed by atoms with van der Waals surface area (Å²) in [4.78, 5) is 4.49. The molecule has 1 aromatic heterocycles. The van der Waals surface area contributed by atoms with E-state index in [0.717, 1.165) is 5.39 Å². The molecule has 0 aliphatic carbocycles. The number of nitrogens with zero attached hydrogens (tertiary/aromatic N) is 3. The monoisotopic (exact) mass is 451 g/mol. The van der Waals surface area contributed by atoms with Gasteiger partial charge in [-0.05, 0) is 36.4 Å². The number of benzene rings is 2. The molecular weight excluding hydrogens is 434 g/mol. The van der Waals surface area contributed by atoms with Crippen LogP contribution in [0.3, 0.4) is 0 Å². The third-order valence-corrected chi connectivity index (χ3v) is 8.96. The average Bonchev–Trinajstić information content (AvgIpc) is 2.73. The Balaban J connectivity index is 1.57. The predicted molar refractivity (Wildman–Crippen MR) is 111 cm³/mol. The van der Waals surface area contributed by atoms with Crippen molar-refractivity contribution in [2.24, 2.45) is 0 Å². The van der Waals surface area contributed by atoms with E-state index in [9.17, 15) is 16.8 Å². The van der Waals surface area contributed by atoms with Crippen LogP contribution in [0.15, 0.2) is 70.6 Å². The van der Waals surface area contributed by atoms with E-state index in [2.05, 4.69) is 4.98 Å². The number of piperazine rings is 1. The second kappa shape index (κ2) is 7.66. The molecular formula is C19H18ClN3O4S2. The van der Waals surface area contributed by atoms with Gasteiger partial charge in [-0.15, -0.1) is 0 Å². The van der Waals surface area contributed by atoms with Crippen molar-refractivity contribution in [1.29, 1.82) is 0 Å². The Kier molecular flexibility index (Phi) is 5.34. The van der Waals surface area contributed by atoms with Crippen LogP contribution in [-0.2, 0) is 20.0 Å². The molecule has 29 heavy (non-hydrogen) atoms. The number of sulfonamides is 2. The Bertz CT molecular complexity index is 1250. The quantitative estimate of drug-likeness (QED) is 0.608. The smallest absolute Gasteiger partial charge is 0.245 e. The van der Waals surface area contributed by atoms with Gasteiger partial charge in [0.15, 0.2) is 0 Å². The maximum Gasteiger partial charge on any atom is 0.245 e. The highest BCUT2D eigenvalue weighted by Crippen LogP contribution is 2.26. The molecule has 10 heteroatoms. The van der Waals surface area contributed by atoms with Crippen molar-refractivity contribution in [3.8, 4) is 0 Å². The zero-order valence-corrected chi connectivity index (χ0v) is 17.7. The predicted octanol–water partition coefficient (Wildman–Crippen LogP) is 2.58. The van der Waals surface area contributed by atoms with Gasteiger partial charge in [0.05, 0.1) is 10.4 Å². The highest BCUT2D eigenvalue weighted by molar-refractivity contribution is 7.89. The highest BCUT2D eigenvalue weighted by atomic mass is 35.5. The summed E-state index contributed by atoms with van der Waals surface area (Å²) >= 11 is 5.83. The minimum Gasteiger partial charge on any atom is -0.255 e. The number of pyridine rings is 1. The summed E-state index contributed by atoms with van der Waals surface area (Å²) < 4.78 is 54.6. The fraction of sp³-hybridized carbons (Fsp3) is 0.211. The first-order chi connectivity index (χ1) is 13.8. The first-order valence-electron chi connectivity index (χ1n) is 8.90. The van der Waals surface area contributed by atoms with E-state index in [1.54, 1.807) is 30.5 Å². The number of para-hydroxylation sites is 1. The van der Waals surface area contributed by atoms with E-state index in [-0.39, 0.29) is 36.0 Å². The minimum absolute atomic E-state index is 0.0678. The molecule has 1 fully saturated rings. The molecule has 1 aliphatic heterocycles. The van der Waals surface area contributed by atoms with Crippen molar-refractivity contribution < 1.29 is 16.8 Å². The first kappa shape index (κ1) is 20.2. The second-order valence-corrected chi connectivity index (χ2v) is 10.9. The fourth-order valence-electron chi connectivity index (χ4n) is 3.33. The van der Waals surface area contributed by atoms with Crippen molar-refractivity contribution >= 4 is 42.6 Å². The van der Waals surface area contributed by atoms with Crippen molar-refractivity contribution in [1.82, 2.24) is 13.6 Å². The lowest BCUT2D eigenvalue weighted by Crippen LogP contribution is -2.50. The van der Waals surface area contributed by atoms with Gasteiger partial charge in [0, 0.05) is 42.8 Å². The number of aromatic nitrogens is 1. The molecule has 152 valence electrons. The van der Waals surface area contributed by atoms with Crippen LogP contribution in [-0.4, -0.2) is 56.6 Å². The molecule has 0 atom stereocenters. The zero-order chi connectivity index (χ0) is 20.6. The molecule has 0 spiro atoms. The van der Waals surface area contributed by atoms with Gasteiger partial charge < -0.3 is 0 Å². The largest absolute Gasteiger partial charge is 0.255 e. The van der Waals surface area contributed by atoms with Gasteiger partial charge in [0.25, 0.3) is 0 Å². The molecule has 1 saturated heterocycles. The van der Waals surface area contributed by atoms with Gasteiger partial charge >= 0.3 is 0 Å². The molecule has 0 radical (unpaired) electrons. The number of fused-ring (bicyclic) bond motifs is 1. The van der Waals surface area contributed by atoms with E-state index in [1.165, 1.54) is 38.9 Å². The molecule has 4 rings (SSSR count). The third kappa shape index (κ3) is 3.76. The Morgan fingerprint density at radius 1 is 0.759 bits per heavy atom. The molecule has 0 N–H and O–H groups in total. The van der Waals surface area contributed by atoms with Crippen LogP contribution in [0.5, 0.6) is 0 Å². The van der Waals surface area contributed by atoms with Gasteiger partial charge in [0.1, 0.15) is 4.90 Å². The molecule has 1 aliphatic rings. The summed E-state index contributed by atoms with van der Waals surface area (Å²) in [5.74, 6) is 0. The maximum absolute atomic E-state index is 13.2. The van der Waals surface area contributed by atoms with Crippen LogP contribution in [0.4, 0.5) is 0 Å². The van der Waals surface area contributed by atoms with Gasteiger partial charge in [-0.1, -0.05) is 29.8 Å². The average molecular weight is 452 g/mol. The topological polar surface area (TPSA) is 87.7 Å². The normalized spacial score (nSPS) is 16.9. The van der Waals surface area contributed by atoms with Crippen LogP contribution < -0.4 is 0 Å². The van der Waals surface area contributed by atoms with Crippen molar-refractivity contribution in [3.63, 3.8) is 0 Å². The number of halogens is 1. The van der Waals surface area contributed by atoms with Gasteiger partial charge in [-0.25, -0.2) is 16.8 Å². The molecule has 0 bridgehead atoms. The van der Waals surface area contributed by atoms with Crippen LogP contribution in [0.1, 0.15) is 0 Å². The Morgan fingerprint density at radius 2 is 1.34 bits per heavy atom. The number of rotatable bonds is 4. The molecule has 0 saturated carbocycles. The summed E-state index contributed by atoms with van der Waals surface area (Å²) in [7, 11) is -7.50. The summed E-state index contributed by atoms with van der Waals surface area (Å²) in [6, 6.07) is 14.5. The number of hydrogen-bond acceptors (Lipinski definition) is 5. The molecule has 0 amide bonds.